The van der Waals surface area contributed by atoms with Crippen LogP contribution in [-0.4, -0.2) is 128 Å². The number of nitrogens with two attached hydrogens (primary N) is 1. The van der Waals surface area contributed by atoms with Crippen LogP contribution in [0.5, 0.6) is 0 Å². The number of anilines is 1. The number of aliphatic hydroxyl groups excluding tert-OH is 2. The first-order chi connectivity index (χ1) is 32.9. The fourth-order valence-electron chi connectivity index (χ4n) is 6.73. The molecule has 29 heteroatoms. The second-order valence-electron chi connectivity index (χ2n) is 17.0. The average molecular weight is 1070 g/mol. The average Bonchev–Trinajstić information content (AvgIpc) is 3.84. The normalized spacial score (nSPS) is 19.9. The van der Waals surface area contributed by atoms with E-state index in [4.69, 9.17) is 19.5 Å². The Bertz CT molecular complexity index is 2210. The number of fused-ring (bicyclic) bond motifs is 1. The quantitative estimate of drug-likeness (QED) is 0.0199. The number of phosphoric acid groups is 3. The number of aromatic nitrogens is 4. The highest BCUT2D eigenvalue weighted by Gasteiger charge is 2.50. The lowest BCUT2D eigenvalue weighted by molar-refractivity contribution is -0.137. The van der Waals surface area contributed by atoms with E-state index >= 15 is 0 Å². The van der Waals surface area contributed by atoms with E-state index in [1.54, 1.807) is 0 Å². The standard InChI is InChI=1S/C41H68N7O18P3S/c1-4-5-6-7-8-9-10-11-12-13-14-15-16-17-18-19-29(49)24-32(51)70-23-22-43-31(50)20-21-44-39(54)36(53)41(2,3)26-63-69(60,61)66-68(58,59)62-25-30-35(65-67(55,56)57)34(52)40(64-30)48-28-47-33-37(42)45-27-46-38(33)48/h8-9,11-12,27-28,30,34-36,40,52-53H,4-7,10,13-26H2,1-3H3,(H,43,50)(H,44,54)(H,58,59)(H,60,61)(H2,42,45,46)(H2,55,56,57)/b9-8-,12-11-/t30-,34-,35-,36+,40-/m1/s1. The number of amides is 2. The number of ketones is 1. The Balaban J connectivity index is 1.30. The topological polar surface area (TPSA) is 381 Å². The number of carbonyl (C=O) groups is 4. The van der Waals surface area contributed by atoms with Crippen LogP contribution in [0.15, 0.2) is 37.0 Å². The van der Waals surface area contributed by atoms with E-state index < -0.39 is 84.6 Å². The van der Waals surface area contributed by atoms with Crippen molar-refractivity contribution >= 4 is 74.9 Å². The second-order valence-corrected chi connectivity index (χ2v) is 22.4. The van der Waals surface area contributed by atoms with Gasteiger partial charge in [-0.25, -0.2) is 28.6 Å². The molecule has 2 aromatic heterocycles. The van der Waals surface area contributed by atoms with E-state index in [0.717, 1.165) is 80.4 Å². The molecule has 0 aromatic carbocycles. The molecule has 1 saturated heterocycles. The van der Waals surface area contributed by atoms with E-state index in [1.807, 2.05) is 0 Å². The monoisotopic (exact) mass is 1070 g/mol. The van der Waals surface area contributed by atoms with E-state index in [2.05, 4.69) is 65.6 Å². The predicted molar refractivity (Wildman–Crippen MR) is 256 cm³/mol. The molecule has 0 bridgehead atoms. The number of Topliss-reactive ketones (excluding diaryl/α,β-unsaturated/α-hetero) is 1. The minimum Gasteiger partial charge on any atom is -0.386 e. The van der Waals surface area contributed by atoms with Crippen LogP contribution in [0.25, 0.3) is 11.2 Å². The maximum Gasteiger partial charge on any atom is 0.481 e. The number of imidazole rings is 1. The van der Waals surface area contributed by atoms with Crippen LogP contribution < -0.4 is 16.4 Å². The van der Waals surface area contributed by atoms with Crippen LogP contribution in [0.3, 0.4) is 0 Å². The van der Waals surface area contributed by atoms with E-state index in [1.165, 1.54) is 33.1 Å². The molecule has 2 unspecified atom stereocenters. The number of unbranched alkanes of at least 4 members (excludes halogenated alkanes) is 8. The SMILES string of the molecule is CCCCC/C=C\C/C=C\CCCCCCCC(=O)CC(=O)SCCNC(=O)CCNC(=O)[C@H](O)C(C)(C)COP(=O)(O)OP(=O)(O)OC[C@H]1O[C@@H](n2cnc3c(N)ncnc32)[C@H](O)[C@@H]1OP(=O)(O)O. The summed E-state index contributed by atoms with van der Waals surface area (Å²) in [6.07, 6.45) is 13.8. The molecular formula is C41H68N7O18P3S. The Kier molecular flexibility index (Phi) is 26.2. The van der Waals surface area contributed by atoms with Gasteiger partial charge in [-0.1, -0.05) is 88.9 Å². The molecule has 0 aliphatic carbocycles. The van der Waals surface area contributed by atoms with Crippen LogP contribution in [-0.2, 0) is 55.5 Å². The van der Waals surface area contributed by atoms with E-state index in [-0.39, 0.29) is 59.6 Å². The fraction of sp³-hybridized carbons (Fsp3) is 0.683. The van der Waals surface area contributed by atoms with Gasteiger partial charge in [0.05, 0.1) is 26.0 Å². The summed E-state index contributed by atoms with van der Waals surface area (Å²) in [4.78, 5) is 101. The Labute approximate surface area is 410 Å². The lowest BCUT2D eigenvalue weighted by Gasteiger charge is -2.30. The van der Waals surface area contributed by atoms with Gasteiger partial charge in [-0.05, 0) is 38.5 Å². The number of carbonyl (C=O) groups excluding carboxylic acids is 4. The van der Waals surface area contributed by atoms with Gasteiger partial charge in [0.1, 0.15) is 42.0 Å². The zero-order chi connectivity index (χ0) is 52.0. The summed E-state index contributed by atoms with van der Waals surface area (Å²) in [5.41, 5.74) is 4.24. The third-order valence-corrected chi connectivity index (χ3v) is 14.5. The maximum atomic E-state index is 12.7. The highest BCUT2D eigenvalue weighted by molar-refractivity contribution is 8.13. The number of phosphoric ester groups is 3. The van der Waals surface area contributed by atoms with Crippen LogP contribution in [0, 0.1) is 5.41 Å². The molecule has 3 heterocycles. The van der Waals surface area contributed by atoms with Gasteiger partial charge in [0.2, 0.25) is 11.8 Å². The number of allylic oxidation sites excluding steroid dienone is 4. The summed E-state index contributed by atoms with van der Waals surface area (Å²) < 4.78 is 62.4. The lowest BCUT2D eigenvalue weighted by atomic mass is 9.87. The summed E-state index contributed by atoms with van der Waals surface area (Å²) in [6, 6.07) is 0. The number of hydrogen-bond acceptors (Lipinski definition) is 19. The first-order valence-electron chi connectivity index (χ1n) is 22.8. The third kappa shape index (κ3) is 22.6. The molecule has 10 N–H and O–H groups in total. The number of ether oxygens (including phenoxy) is 1. The number of rotatable bonds is 35. The molecule has 2 aromatic rings. The van der Waals surface area contributed by atoms with Crippen molar-refractivity contribution in [1.82, 2.24) is 30.2 Å². The van der Waals surface area contributed by atoms with Crippen molar-refractivity contribution in [2.24, 2.45) is 5.41 Å². The van der Waals surface area contributed by atoms with Gasteiger partial charge in [0, 0.05) is 37.1 Å². The molecule has 1 aliphatic rings. The zero-order valence-electron chi connectivity index (χ0n) is 39.5. The molecule has 1 fully saturated rings. The van der Waals surface area contributed by atoms with Crippen molar-refractivity contribution in [1.29, 1.82) is 0 Å². The molecule has 2 amide bonds. The number of thioether (sulfide) groups is 1. The van der Waals surface area contributed by atoms with Gasteiger partial charge in [-0.3, -0.25) is 37.3 Å². The van der Waals surface area contributed by atoms with Crippen molar-refractivity contribution in [3.8, 4) is 0 Å². The van der Waals surface area contributed by atoms with Crippen LogP contribution in [0.2, 0.25) is 0 Å². The van der Waals surface area contributed by atoms with Gasteiger partial charge in [-0.15, -0.1) is 0 Å². The first kappa shape index (κ1) is 61.0. The van der Waals surface area contributed by atoms with Gasteiger partial charge in [0.15, 0.2) is 22.8 Å². The molecule has 0 spiro atoms. The largest absolute Gasteiger partial charge is 0.481 e. The second kappa shape index (κ2) is 30.0. The molecule has 3 rings (SSSR count). The lowest BCUT2D eigenvalue weighted by Crippen LogP contribution is -2.46. The molecule has 1 aliphatic heterocycles. The van der Waals surface area contributed by atoms with Gasteiger partial charge >= 0.3 is 23.5 Å². The highest BCUT2D eigenvalue weighted by atomic mass is 32.2. The highest BCUT2D eigenvalue weighted by Crippen LogP contribution is 2.61. The van der Waals surface area contributed by atoms with Crippen LogP contribution >= 0.6 is 35.2 Å². The first-order valence-corrected chi connectivity index (χ1v) is 28.3. The maximum absolute atomic E-state index is 12.7. The Morgan fingerprint density at radius 3 is 2.24 bits per heavy atom. The smallest absolute Gasteiger partial charge is 0.386 e. The zero-order valence-corrected chi connectivity index (χ0v) is 43.0. The fourth-order valence-corrected chi connectivity index (χ4v) is 10.3. The molecule has 0 radical (unpaired) electrons. The number of hydrogen-bond donors (Lipinski definition) is 9. The Morgan fingerprint density at radius 2 is 1.56 bits per heavy atom. The molecule has 7 atom stereocenters. The molecule has 0 saturated carbocycles. The summed E-state index contributed by atoms with van der Waals surface area (Å²) >= 11 is 0.931. The van der Waals surface area contributed by atoms with Crippen molar-refractivity contribution in [2.45, 2.75) is 141 Å². The van der Waals surface area contributed by atoms with Crippen molar-refractivity contribution < 1.29 is 85.3 Å². The predicted octanol–water partition coefficient (Wildman–Crippen LogP) is 4.44. The summed E-state index contributed by atoms with van der Waals surface area (Å²) in [5.74, 6) is -1.42. The van der Waals surface area contributed by atoms with Crippen LogP contribution in [0.1, 0.15) is 117 Å². The van der Waals surface area contributed by atoms with Gasteiger partial charge in [0.25, 0.3) is 0 Å². The summed E-state index contributed by atoms with van der Waals surface area (Å²) in [5, 5.41) is 26.2. The number of nitrogens with one attached hydrogen (secondary N) is 2. The molecular weight excluding hydrogens is 1000 g/mol. The third-order valence-electron chi connectivity index (χ3n) is 10.5. The number of aliphatic hydroxyl groups is 2. The van der Waals surface area contributed by atoms with Crippen LogP contribution in [0.4, 0.5) is 5.82 Å². The Morgan fingerprint density at radius 1 is 0.900 bits per heavy atom. The Hall–Kier alpha value is -3.29. The van der Waals surface area contributed by atoms with Crippen molar-refractivity contribution in [2.75, 3.05) is 37.8 Å². The minimum atomic E-state index is -5.59. The van der Waals surface area contributed by atoms with Crippen molar-refractivity contribution in [3.05, 3.63) is 37.0 Å². The van der Waals surface area contributed by atoms with Crippen molar-refractivity contribution in [3.63, 3.8) is 0 Å². The van der Waals surface area contributed by atoms with Gasteiger partial charge in [-0.2, -0.15) is 4.31 Å². The minimum absolute atomic E-state index is 0.0251. The molecule has 25 nitrogen and oxygen atoms in total. The number of nitrogen functional groups attached to an aromatic ring is 1. The molecule has 396 valence electrons. The van der Waals surface area contributed by atoms with Gasteiger partial charge < -0.3 is 50.9 Å². The summed E-state index contributed by atoms with van der Waals surface area (Å²) in [7, 11) is -16.5. The molecule has 70 heavy (non-hydrogen) atoms. The number of nitrogens with zero attached hydrogens (tertiary/aromatic N) is 4. The summed E-state index contributed by atoms with van der Waals surface area (Å²) in [6.45, 7) is 2.52. The van der Waals surface area contributed by atoms with E-state index in [9.17, 15) is 62.7 Å². The van der Waals surface area contributed by atoms with E-state index in [0.29, 0.717) is 6.42 Å².